The molecule has 0 N–H and O–H groups in total. The Morgan fingerprint density at radius 1 is 0.345 bits per heavy atom. The Balaban J connectivity index is 1.08. The molecular weight excluding hydrogens is 669 g/mol. The first kappa shape index (κ1) is 30.6. The van der Waals surface area contributed by atoms with Crippen LogP contribution in [0.5, 0.6) is 0 Å². The molecule has 9 aromatic carbocycles. The summed E-state index contributed by atoms with van der Waals surface area (Å²) in [6.45, 7) is 4.69. The molecule has 12 rings (SSSR count). The number of benzene rings is 9. The van der Waals surface area contributed by atoms with Crippen LogP contribution in [0.25, 0.3) is 110 Å². The van der Waals surface area contributed by atoms with E-state index in [0.717, 1.165) is 49.4 Å². The zero-order valence-electron chi connectivity index (χ0n) is 30.5. The van der Waals surface area contributed by atoms with Gasteiger partial charge < -0.3 is 8.83 Å². The summed E-state index contributed by atoms with van der Waals surface area (Å²) < 4.78 is 13.4. The maximum Gasteiger partial charge on any atom is 0.147 e. The molecule has 1 aliphatic carbocycles. The van der Waals surface area contributed by atoms with Crippen LogP contribution in [0.3, 0.4) is 0 Å². The summed E-state index contributed by atoms with van der Waals surface area (Å²) in [7, 11) is 0. The fraction of sp³-hybridized carbons (Fsp3) is 0.0566. The van der Waals surface area contributed by atoms with Crippen molar-refractivity contribution in [3.8, 4) is 44.5 Å². The van der Waals surface area contributed by atoms with Crippen molar-refractivity contribution in [2.45, 2.75) is 19.3 Å². The van der Waals surface area contributed by atoms with Gasteiger partial charge in [0.2, 0.25) is 0 Å². The highest BCUT2D eigenvalue weighted by Crippen LogP contribution is 2.51. The van der Waals surface area contributed by atoms with Crippen molar-refractivity contribution in [1.29, 1.82) is 0 Å². The summed E-state index contributed by atoms with van der Waals surface area (Å²) in [5, 5.41) is 9.08. The first-order chi connectivity index (χ1) is 27.0. The van der Waals surface area contributed by atoms with E-state index in [1.165, 1.54) is 71.6 Å². The zero-order chi connectivity index (χ0) is 36.4. The molecule has 2 heterocycles. The Bertz CT molecular complexity index is 3330. The van der Waals surface area contributed by atoms with Crippen LogP contribution < -0.4 is 0 Å². The number of para-hydroxylation sites is 2. The fourth-order valence-corrected chi connectivity index (χ4v) is 9.69. The van der Waals surface area contributed by atoms with Gasteiger partial charge in [-0.2, -0.15) is 0 Å². The molecular formula is C53H34O2. The zero-order valence-corrected chi connectivity index (χ0v) is 30.5. The van der Waals surface area contributed by atoms with E-state index in [0.29, 0.717) is 0 Å². The van der Waals surface area contributed by atoms with Crippen LogP contribution in [0.1, 0.15) is 25.0 Å². The van der Waals surface area contributed by atoms with E-state index in [4.69, 9.17) is 8.83 Å². The van der Waals surface area contributed by atoms with Gasteiger partial charge in [0.1, 0.15) is 22.3 Å². The topological polar surface area (TPSA) is 26.3 Å². The van der Waals surface area contributed by atoms with Gasteiger partial charge >= 0.3 is 0 Å². The van der Waals surface area contributed by atoms with Crippen molar-refractivity contribution >= 4 is 65.4 Å². The van der Waals surface area contributed by atoms with Crippen molar-refractivity contribution in [1.82, 2.24) is 0 Å². The van der Waals surface area contributed by atoms with Gasteiger partial charge in [0.05, 0.1) is 5.39 Å². The Morgan fingerprint density at radius 2 is 0.855 bits per heavy atom. The van der Waals surface area contributed by atoms with Gasteiger partial charge in [-0.05, 0) is 90.3 Å². The van der Waals surface area contributed by atoms with E-state index < -0.39 is 0 Å². The van der Waals surface area contributed by atoms with E-state index in [1.54, 1.807) is 0 Å². The maximum atomic E-state index is 6.81. The highest BCUT2D eigenvalue weighted by atomic mass is 16.3. The smallest absolute Gasteiger partial charge is 0.147 e. The molecule has 258 valence electrons. The van der Waals surface area contributed by atoms with Crippen LogP contribution in [-0.4, -0.2) is 0 Å². The summed E-state index contributed by atoms with van der Waals surface area (Å²) in [6.07, 6.45) is 0. The third kappa shape index (κ3) is 4.20. The van der Waals surface area contributed by atoms with Crippen LogP contribution in [0.4, 0.5) is 0 Å². The largest absolute Gasteiger partial charge is 0.455 e. The molecule has 2 heteroatoms. The highest BCUT2D eigenvalue weighted by Gasteiger charge is 2.35. The predicted octanol–water partition coefficient (Wildman–Crippen LogP) is 15.1. The molecule has 55 heavy (non-hydrogen) atoms. The number of hydrogen-bond donors (Lipinski definition) is 0. The Hall–Kier alpha value is -6.90. The van der Waals surface area contributed by atoms with Gasteiger partial charge in [0.25, 0.3) is 0 Å². The molecule has 0 aliphatic heterocycles. The molecule has 0 spiro atoms. The van der Waals surface area contributed by atoms with Gasteiger partial charge in [0.15, 0.2) is 0 Å². The average Bonchev–Trinajstić information content (AvgIpc) is 3.88. The third-order valence-electron chi connectivity index (χ3n) is 12.3. The van der Waals surface area contributed by atoms with E-state index in [2.05, 4.69) is 172 Å². The predicted molar refractivity (Wildman–Crippen MR) is 230 cm³/mol. The van der Waals surface area contributed by atoms with Crippen LogP contribution in [-0.2, 0) is 5.41 Å². The summed E-state index contributed by atoms with van der Waals surface area (Å²) >= 11 is 0. The minimum Gasteiger partial charge on any atom is -0.455 e. The maximum absolute atomic E-state index is 6.81. The molecule has 0 saturated carbocycles. The molecule has 0 saturated heterocycles. The standard InChI is InChI=1S/C53H34O2/c1-53(2)44-20-10-7-13-34(44)35-28-27-33(29-45(35)53)31-23-25-32(26-24-31)48-37-15-3-5-17-39(37)49(40-18-6-4-16-38(40)48)43-30-42-36-14-8-11-21-46(36)54-51(42)50-41-19-9-12-22-47(41)55-52(43)50/h3-30H,1-2H3. The fourth-order valence-electron chi connectivity index (χ4n) is 9.69. The highest BCUT2D eigenvalue weighted by molar-refractivity contribution is 6.29. The van der Waals surface area contributed by atoms with Crippen molar-refractivity contribution in [2.24, 2.45) is 0 Å². The lowest BCUT2D eigenvalue weighted by Gasteiger charge is -2.22. The van der Waals surface area contributed by atoms with Gasteiger partial charge in [-0.1, -0.05) is 159 Å². The number of rotatable bonds is 3. The lowest BCUT2D eigenvalue weighted by Crippen LogP contribution is -2.14. The first-order valence-corrected chi connectivity index (χ1v) is 19.1. The second kappa shape index (κ2) is 11.1. The minimum atomic E-state index is -0.0371. The first-order valence-electron chi connectivity index (χ1n) is 19.1. The van der Waals surface area contributed by atoms with Crippen LogP contribution in [0, 0.1) is 0 Å². The second-order valence-corrected chi connectivity index (χ2v) is 15.6. The molecule has 2 aromatic heterocycles. The van der Waals surface area contributed by atoms with Crippen molar-refractivity contribution in [3.63, 3.8) is 0 Å². The van der Waals surface area contributed by atoms with E-state index in [-0.39, 0.29) is 5.41 Å². The van der Waals surface area contributed by atoms with Crippen molar-refractivity contribution < 1.29 is 8.83 Å². The van der Waals surface area contributed by atoms with E-state index in [1.807, 2.05) is 12.1 Å². The molecule has 11 aromatic rings. The van der Waals surface area contributed by atoms with Crippen LogP contribution in [0.2, 0.25) is 0 Å². The molecule has 0 amide bonds. The Kier molecular flexibility index (Phi) is 6.15. The normalized spacial score (nSPS) is 13.4. The SMILES string of the molecule is CC1(C)c2ccccc2-c2ccc(-c3ccc(-c4c5ccccc5c(-c5cc6c7ccccc7oc6c6c5oc5ccccc56)c5ccccc45)cc3)cc21. The van der Waals surface area contributed by atoms with Crippen molar-refractivity contribution in [2.75, 3.05) is 0 Å². The van der Waals surface area contributed by atoms with Gasteiger partial charge in [-0.15, -0.1) is 0 Å². The second-order valence-electron chi connectivity index (χ2n) is 15.6. The van der Waals surface area contributed by atoms with Crippen LogP contribution >= 0.6 is 0 Å². The van der Waals surface area contributed by atoms with E-state index >= 15 is 0 Å². The molecule has 0 atom stereocenters. The monoisotopic (exact) mass is 702 g/mol. The molecule has 0 fully saturated rings. The molecule has 0 unspecified atom stereocenters. The molecule has 2 nitrogen and oxygen atoms in total. The summed E-state index contributed by atoms with van der Waals surface area (Å²) in [4.78, 5) is 0. The molecule has 0 radical (unpaired) electrons. The van der Waals surface area contributed by atoms with Gasteiger partial charge in [-0.3, -0.25) is 0 Å². The lowest BCUT2D eigenvalue weighted by molar-refractivity contribution is 0.660. The number of furan rings is 2. The quantitative estimate of drug-likeness (QED) is 0.171. The van der Waals surface area contributed by atoms with E-state index in [9.17, 15) is 0 Å². The average molecular weight is 703 g/mol. The lowest BCUT2D eigenvalue weighted by atomic mass is 9.81. The number of fused-ring (bicyclic) bond motifs is 12. The molecule has 0 bridgehead atoms. The van der Waals surface area contributed by atoms with Crippen molar-refractivity contribution in [3.05, 3.63) is 181 Å². The summed E-state index contributed by atoms with van der Waals surface area (Å²) in [5.74, 6) is 0. The summed E-state index contributed by atoms with van der Waals surface area (Å²) in [5.41, 5.74) is 16.0. The van der Waals surface area contributed by atoms with Gasteiger partial charge in [0, 0.05) is 32.7 Å². The minimum absolute atomic E-state index is 0.0371. The van der Waals surface area contributed by atoms with Gasteiger partial charge in [-0.25, -0.2) is 0 Å². The van der Waals surface area contributed by atoms with Crippen LogP contribution in [0.15, 0.2) is 179 Å². The summed E-state index contributed by atoms with van der Waals surface area (Å²) in [6, 6.07) is 61.7. The number of hydrogen-bond acceptors (Lipinski definition) is 2. The Labute approximate surface area is 317 Å². The molecule has 1 aliphatic rings. The third-order valence-corrected chi connectivity index (χ3v) is 12.3. The Morgan fingerprint density at radius 3 is 1.56 bits per heavy atom.